The van der Waals surface area contributed by atoms with Crippen LogP contribution >= 0.6 is 15.9 Å². The van der Waals surface area contributed by atoms with Gasteiger partial charge in [-0.1, -0.05) is 30.3 Å². The van der Waals surface area contributed by atoms with Crippen molar-refractivity contribution in [1.82, 2.24) is 9.88 Å². The smallest absolute Gasteiger partial charge is 0.255 e. The Bertz CT molecular complexity index is 923. The van der Waals surface area contributed by atoms with Crippen molar-refractivity contribution in [3.05, 3.63) is 70.8 Å². The molecule has 5 heteroatoms. The maximum atomic E-state index is 12.7. The molecule has 1 saturated heterocycles. The van der Waals surface area contributed by atoms with Crippen molar-refractivity contribution < 1.29 is 9.53 Å². The lowest BCUT2D eigenvalue weighted by Crippen LogP contribution is -2.31. The van der Waals surface area contributed by atoms with Crippen molar-refractivity contribution in [2.24, 2.45) is 0 Å². The number of pyridine rings is 1. The number of halogens is 1. The average molecular weight is 397 g/mol. The molecule has 2 heterocycles. The molecule has 1 atom stereocenters. The van der Waals surface area contributed by atoms with Crippen LogP contribution in [0.2, 0.25) is 0 Å². The number of aromatic nitrogens is 1. The first-order valence-electron chi connectivity index (χ1n) is 8.26. The second kappa shape index (κ2) is 6.84. The zero-order valence-corrected chi connectivity index (χ0v) is 15.1. The molecule has 1 aromatic heterocycles. The molecule has 0 bridgehead atoms. The van der Waals surface area contributed by atoms with E-state index in [1.165, 1.54) is 0 Å². The van der Waals surface area contributed by atoms with E-state index in [0.29, 0.717) is 18.7 Å². The van der Waals surface area contributed by atoms with Crippen LogP contribution < -0.4 is 4.74 Å². The van der Waals surface area contributed by atoms with Gasteiger partial charge in [0.15, 0.2) is 0 Å². The molecule has 0 saturated carbocycles. The van der Waals surface area contributed by atoms with Crippen LogP contribution in [0.4, 0.5) is 0 Å². The number of carbonyl (C=O) groups excluding carboxylic acids is 1. The van der Waals surface area contributed by atoms with E-state index in [1.807, 2.05) is 59.5 Å². The normalized spacial score (nSPS) is 17.0. The second-order valence-electron chi connectivity index (χ2n) is 6.09. The fourth-order valence-electron chi connectivity index (χ4n) is 3.16. The van der Waals surface area contributed by atoms with E-state index in [2.05, 4.69) is 20.9 Å². The lowest BCUT2D eigenvalue weighted by molar-refractivity contribution is 0.0772. The molecule has 2 aromatic carbocycles. The van der Waals surface area contributed by atoms with Crippen LogP contribution in [0.1, 0.15) is 16.8 Å². The SMILES string of the molecule is O=C(c1ccccc1Br)N1CCC(Oc2cccc3cccnc23)C1. The summed E-state index contributed by atoms with van der Waals surface area (Å²) in [5.41, 5.74) is 1.55. The maximum absolute atomic E-state index is 12.7. The lowest BCUT2D eigenvalue weighted by Gasteiger charge is -2.18. The largest absolute Gasteiger partial charge is 0.486 e. The fraction of sp³-hybridized carbons (Fsp3) is 0.200. The van der Waals surface area contributed by atoms with Crippen molar-refractivity contribution in [1.29, 1.82) is 0 Å². The van der Waals surface area contributed by atoms with Crippen molar-refractivity contribution in [3.63, 3.8) is 0 Å². The van der Waals surface area contributed by atoms with Crippen LogP contribution in [0.15, 0.2) is 65.3 Å². The number of ether oxygens (including phenoxy) is 1. The van der Waals surface area contributed by atoms with Crippen LogP contribution in [0, 0.1) is 0 Å². The standard InChI is InChI=1S/C20H17BrN2O2/c21-17-8-2-1-7-16(17)20(24)23-12-10-15(13-23)25-18-9-3-5-14-6-4-11-22-19(14)18/h1-9,11,15H,10,12-13H2. The average Bonchev–Trinajstić information content (AvgIpc) is 3.10. The van der Waals surface area contributed by atoms with E-state index in [0.717, 1.165) is 27.5 Å². The summed E-state index contributed by atoms with van der Waals surface area (Å²) in [5.74, 6) is 0.813. The molecule has 3 aromatic rings. The Balaban J connectivity index is 1.49. The number of likely N-dealkylation sites (tertiary alicyclic amines) is 1. The van der Waals surface area contributed by atoms with E-state index in [-0.39, 0.29) is 12.0 Å². The lowest BCUT2D eigenvalue weighted by atomic mass is 10.2. The minimum absolute atomic E-state index is 0.0148. The molecule has 25 heavy (non-hydrogen) atoms. The molecule has 1 unspecified atom stereocenters. The second-order valence-corrected chi connectivity index (χ2v) is 6.95. The molecule has 126 valence electrons. The van der Waals surface area contributed by atoms with Gasteiger partial charge >= 0.3 is 0 Å². The van der Waals surface area contributed by atoms with E-state index in [4.69, 9.17) is 4.74 Å². The van der Waals surface area contributed by atoms with Crippen LogP contribution in [0.3, 0.4) is 0 Å². The summed E-state index contributed by atoms with van der Waals surface area (Å²) in [7, 11) is 0. The third-order valence-electron chi connectivity index (χ3n) is 4.43. The van der Waals surface area contributed by atoms with Gasteiger partial charge in [-0.3, -0.25) is 9.78 Å². The monoisotopic (exact) mass is 396 g/mol. The van der Waals surface area contributed by atoms with Gasteiger partial charge in [0.2, 0.25) is 0 Å². The van der Waals surface area contributed by atoms with Gasteiger partial charge in [-0.2, -0.15) is 0 Å². The number of hydrogen-bond donors (Lipinski definition) is 0. The molecule has 0 N–H and O–H groups in total. The minimum atomic E-state index is -0.0148. The Labute approximate surface area is 154 Å². The van der Waals surface area contributed by atoms with Crippen molar-refractivity contribution in [2.45, 2.75) is 12.5 Å². The van der Waals surface area contributed by atoms with Gasteiger partial charge < -0.3 is 9.64 Å². The van der Waals surface area contributed by atoms with Gasteiger partial charge in [-0.25, -0.2) is 0 Å². The van der Waals surface area contributed by atoms with Crippen molar-refractivity contribution >= 4 is 32.7 Å². The Hall–Kier alpha value is -2.40. The number of benzene rings is 2. The zero-order chi connectivity index (χ0) is 17.2. The highest BCUT2D eigenvalue weighted by molar-refractivity contribution is 9.10. The topological polar surface area (TPSA) is 42.4 Å². The Kier molecular flexibility index (Phi) is 4.40. The first-order chi connectivity index (χ1) is 12.2. The van der Waals surface area contributed by atoms with E-state index in [1.54, 1.807) is 6.20 Å². The van der Waals surface area contributed by atoms with E-state index in [9.17, 15) is 4.79 Å². The zero-order valence-electron chi connectivity index (χ0n) is 13.6. The number of fused-ring (bicyclic) bond motifs is 1. The molecular formula is C20H17BrN2O2. The molecule has 0 spiro atoms. The summed E-state index contributed by atoms with van der Waals surface area (Å²) in [4.78, 5) is 19.0. The first-order valence-corrected chi connectivity index (χ1v) is 9.06. The summed E-state index contributed by atoms with van der Waals surface area (Å²) in [6, 6.07) is 17.4. The molecule has 4 nitrogen and oxygen atoms in total. The first kappa shape index (κ1) is 16.1. The number of hydrogen-bond acceptors (Lipinski definition) is 3. The molecule has 4 rings (SSSR count). The molecule has 1 aliphatic heterocycles. The Morgan fingerprint density at radius 1 is 1.12 bits per heavy atom. The fourth-order valence-corrected chi connectivity index (χ4v) is 3.62. The quantitative estimate of drug-likeness (QED) is 0.662. The minimum Gasteiger partial charge on any atom is -0.486 e. The highest BCUT2D eigenvalue weighted by Crippen LogP contribution is 2.27. The molecule has 0 radical (unpaired) electrons. The third kappa shape index (κ3) is 3.24. The van der Waals surface area contributed by atoms with E-state index >= 15 is 0 Å². The molecule has 1 amide bonds. The number of para-hydroxylation sites is 1. The summed E-state index contributed by atoms with van der Waals surface area (Å²) in [6.07, 6.45) is 2.57. The Morgan fingerprint density at radius 2 is 1.96 bits per heavy atom. The third-order valence-corrected chi connectivity index (χ3v) is 5.12. The molecular weight excluding hydrogens is 380 g/mol. The molecule has 1 fully saturated rings. The van der Waals surface area contributed by atoms with Gasteiger partial charge in [0.1, 0.15) is 17.4 Å². The Morgan fingerprint density at radius 3 is 2.84 bits per heavy atom. The summed E-state index contributed by atoms with van der Waals surface area (Å²) < 4.78 is 6.99. The van der Waals surface area contributed by atoms with Gasteiger partial charge in [-0.15, -0.1) is 0 Å². The molecule has 0 aliphatic carbocycles. The summed E-state index contributed by atoms with van der Waals surface area (Å²) >= 11 is 3.45. The summed E-state index contributed by atoms with van der Waals surface area (Å²) in [6.45, 7) is 1.28. The predicted molar refractivity (Wildman–Crippen MR) is 101 cm³/mol. The van der Waals surface area contributed by atoms with Gasteiger partial charge in [0, 0.05) is 29.0 Å². The van der Waals surface area contributed by atoms with Crippen LogP contribution in [0.25, 0.3) is 10.9 Å². The number of amides is 1. The van der Waals surface area contributed by atoms with E-state index < -0.39 is 0 Å². The van der Waals surface area contributed by atoms with Crippen LogP contribution in [-0.4, -0.2) is 35.0 Å². The van der Waals surface area contributed by atoms with Gasteiger partial charge in [0.25, 0.3) is 5.91 Å². The maximum Gasteiger partial charge on any atom is 0.255 e. The summed E-state index contributed by atoms with van der Waals surface area (Å²) in [5, 5.41) is 1.05. The van der Waals surface area contributed by atoms with Crippen molar-refractivity contribution in [2.75, 3.05) is 13.1 Å². The highest BCUT2D eigenvalue weighted by Gasteiger charge is 2.29. The number of nitrogens with zero attached hydrogens (tertiary/aromatic N) is 2. The number of carbonyl (C=O) groups is 1. The van der Waals surface area contributed by atoms with Crippen molar-refractivity contribution in [3.8, 4) is 5.75 Å². The van der Waals surface area contributed by atoms with Gasteiger partial charge in [-0.05, 0) is 40.2 Å². The highest BCUT2D eigenvalue weighted by atomic mass is 79.9. The van der Waals surface area contributed by atoms with Crippen LogP contribution in [-0.2, 0) is 0 Å². The predicted octanol–water partition coefficient (Wildman–Crippen LogP) is 4.29. The number of rotatable bonds is 3. The molecule has 1 aliphatic rings. The van der Waals surface area contributed by atoms with Gasteiger partial charge in [0.05, 0.1) is 12.1 Å². The van der Waals surface area contributed by atoms with Crippen LogP contribution in [0.5, 0.6) is 5.75 Å².